The Morgan fingerprint density at radius 2 is 2.04 bits per heavy atom. The van der Waals surface area contributed by atoms with Crippen molar-refractivity contribution in [3.8, 4) is 12.1 Å². The fraction of sp³-hybridized carbons (Fsp3) is 0.333. The first kappa shape index (κ1) is 19.8. The lowest BCUT2D eigenvalue weighted by atomic mass is 9.72. The Bertz CT molecular complexity index is 867. The smallest absolute Gasteiger partial charge is 0.243 e. The van der Waals surface area contributed by atoms with Crippen LogP contribution in [-0.4, -0.2) is 17.1 Å². The van der Waals surface area contributed by atoms with E-state index in [0.29, 0.717) is 15.7 Å². The fourth-order valence-corrected chi connectivity index (χ4v) is 3.83. The van der Waals surface area contributed by atoms with Crippen molar-refractivity contribution in [3.63, 3.8) is 0 Å². The number of anilines is 1. The van der Waals surface area contributed by atoms with Crippen LogP contribution in [0.15, 0.2) is 34.9 Å². The van der Waals surface area contributed by atoms with Crippen LogP contribution in [0.3, 0.4) is 0 Å². The van der Waals surface area contributed by atoms with E-state index < -0.39 is 22.5 Å². The number of carbonyl (C=O) groups is 2. The topological polar surface area (TPSA) is 106 Å². The first-order chi connectivity index (χ1) is 12.2. The number of allylic oxidation sites excluding steroid dienone is 1. The molecule has 134 valence electrons. The first-order valence-electron chi connectivity index (χ1n) is 7.79. The predicted molar refractivity (Wildman–Crippen MR) is 101 cm³/mol. The number of hydrogen-bond donors (Lipinski definition) is 2. The van der Waals surface area contributed by atoms with E-state index in [1.54, 1.807) is 45.0 Å². The van der Waals surface area contributed by atoms with Crippen LogP contribution in [0.25, 0.3) is 0 Å². The van der Waals surface area contributed by atoms with Crippen LogP contribution in [0.4, 0.5) is 5.69 Å². The number of para-hydroxylation sites is 1. The van der Waals surface area contributed by atoms with Crippen molar-refractivity contribution in [3.05, 3.63) is 39.9 Å². The number of nitrogens with one attached hydrogen (secondary N) is 2. The van der Waals surface area contributed by atoms with Gasteiger partial charge in [-0.2, -0.15) is 10.5 Å². The summed E-state index contributed by atoms with van der Waals surface area (Å²) in [5.74, 6) is -1.76. The van der Waals surface area contributed by atoms with Crippen LogP contribution < -0.4 is 10.6 Å². The van der Waals surface area contributed by atoms with Crippen LogP contribution >= 0.6 is 23.4 Å². The Labute approximate surface area is 161 Å². The van der Waals surface area contributed by atoms with Gasteiger partial charge in [0.15, 0.2) is 0 Å². The minimum Gasteiger partial charge on any atom is -0.324 e. The molecule has 2 N–H and O–H groups in total. The van der Waals surface area contributed by atoms with Gasteiger partial charge in [-0.15, -0.1) is 0 Å². The van der Waals surface area contributed by atoms with Gasteiger partial charge in [0.2, 0.25) is 11.8 Å². The van der Waals surface area contributed by atoms with Gasteiger partial charge in [0, 0.05) is 5.41 Å². The third kappa shape index (κ3) is 3.85. The van der Waals surface area contributed by atoms with Crippen LogP contribution in [0.1, 0.15) is 20.8 Å². The highest BCUT2D eigenvalue weighted by atomic mass is 35.5. The normalized spacial score (nSPS) is 19.8. The number of thioether (sulfide) groups is 1. The molecule has 26 heavy (non-hydrogen) atoms. The van der Waals surface area contributed by atoms with Gasteiger partial charge >= 0.3 is 0 Å². The minimum absolute atomic E-state index is 0.283. The molecule has 1 aromatic rings. The second-order valence-corrected chi connectivity index (χ2v) is 8.08. The summed E-state index contributed by atoms with van der Waals surface area (Å²) in [7, 11) is 0. The van der Waals surface area contributed by atoms with E-state index >= 15 is 0 Å². The summed E-state index contributed by atoms with van der Waals surface area (Å²) in [6.07, 6.45) is 0. The quantitative estimate of drug-likeness (QED) is 0.821. The third-order valence-corrected chi connectivity index (χ3v) is 5.57. The number of benzene rings is 1. The molecule has 1 aliphatic rings. The molecular formula is C18H17ClN4O2S. The van der Waals surface area contributed by atoms with E-state index in [2.05, 4.69) is 16.7 Å². The highest BCUT2D eigenvalue weighted by Gasteiger charge is 2.45. The van der Waals surface area contributed by atoms with Crippen molar-refractivity contribution in [1.29, 1.82) is 10.5 Å². The summed E-state index contributed by atoms with van der Waals surface area (Å²) < 4.78 is 0. The highest BCUT2D eigenvalue weighted by Crippen LogP contribution is 2.42. The highest BCUT2D eigenvalue weighted by molar-refractivity contribution is 8.04. The maximum atomic E-state index is 12.4. The Balaban J connectivity index is 2.23. The van der Waals surface area contributed by atoms with Crippen molar-refractivity contribution >= 4 is 40.9 Å². The molecular weight excluding hydrogens is 372 g/mol. The van der Waals surface area contributed by atoms with E-state index in [-0.39, 0.29) is 11.5 Å². The second-order valence-electron chi connectivity index (χ2n) is 6.32. The molecule has 0 bridgehead atoms. The van der Waals surface area contributed by atoms with Gasteiger partial charge in [0.25, 0.3) is 0 Å². The molecule has 2 rings (SSSR count). The lowest BCUT2D eigenvalue weighted by Crippen LogP contribution is -2.45. The van der Waals surface area contributed by atoms with Crippen molar-refractivity contribution in [2.24, 2.45) is 11.3 Å². The summed E-state index contributed by atoms with van der Waals surface area (Å²) in [6.45, 7) is 5.01. The van der Waals surface area contributed by atoms with Crippen LogP contribution in [0.5, 0.6) is 0 Å². The lowest BCUT2D eigenvalue weighted by Gasteiger charge is -2.35. The number of rotatable bonds is 4. The Kier molecular flexibility index (Phi) is 5.97. The molecule has 0 spiro atoms. The molecule has 8 heteroatoms. The van der Waals surface area contributed by atoms with Crippen molar-refractivity contribution in [2.45, 2.75) is 26.0 Å². The van der Waals surface area contributed by atoms with Crippen LogP contribution in [-0.2, 0) is 9.59 Å². The van der Waals surface area contributed by atoms with Gasteiger partial charge in [-0.3, -0.25) is 9.59 Å². The average molecular weight is 389 g/mol. The van der Waals surface area contributed by atoms with Crippen molar-refractivity contribution in [2.75, 3.05) is 5.32 Å². The minimum atomic E-state index is -0.964. The maximum Gasteiger partial charge on any atom is 0.243 e. The lowest BCUT2D eigenvalue weighted by molar-refractivity contribution is -0.125. The van der Waals surface area contributed by atoms with Gasteiger partial charge < -0.3 is 10.6 Å². The number of carbonyl (C=O) groups excluding carboxylic acids is 2. The monoisotopic (exact) mass is 388 g/mol. The Morgan fingerprint density at radius 3 is 2.62 bits per heavy atom. The zero-order valence-corrected chi connectivity index (χ0v) is 16.0. The Morgan fingerprint density at radius 1 is 1.38 bits per heavy atom. The summed E-state index contributed by atoms with van der Waals surface area (Å²) in [6, 6.07) is 10.9. The van der Waals surface area contributed by atoms with Crippen molar-refractivity contribution in [1.82, 2.24) is 5.32 Å². The molecule has 1 aromatic carbocycles. The molecule has 0 radical (unpaired) electrons. The molecule has 1 heterocycles. The molecule has 2 amide bonds. The van der Waals surface area contributed by atoms with E-state index in [4.69, 9.17) is 11.6 Å². The summed E-state index contributed by atoms with van der Waals surface area (Å²) in [5.41, 5.74) is -0.169. The zero-order chi connectivity index (χ0) is 19.5. The second kappa shape index (κ2) is 7.82. The Hall–Kier alpha value is -2.48. The van der Waals surface area contributed by atoms with E-state index in [0.717, 1.165) is 11.8 Å². The molecule has 0 fully saturated rings. The molecule has 2 atom stereocenters. The van der Waals surface area contributed by atoms with Gasteiger partial charge in [-0.25, -0.2) is 0 Å². The van der Waals surface area contributed by atoms with Crippen LogP contribution in [0.2, 0.25) is 5.02 Å². The number of amides is 2. The zero-order valence-electron chi connectivity index (χ0n) is 14.5. The fourth-order valence-electron chi connectivity index (χ4n) is 2.54. The summed E-state index contributed by atoms with van der Waals surface area (Å²) in [4.78, 5) is 24.6. The van der Waals surface area contributed by atoms with Gasteiger partial charge in [0.1, 0.15) is 5.92 Å². The van der Waals surface area contributed by atoms with E-state index in [9.17, 15) is 20.1 Å². The predicted octanol–water partition coefficient (Wildman–Crippen LogP) is 3.43. The third-order valence-electron chi connectivity index (χ3n) is 4.13. The molecule has 0 saturated carbocycles. The largest absolute Gasteiger partial charge is 0.324 e. The molecule has 1 aliphatic heterocycles. The molecule has 0 unspecified atom stereocenters. The molecule has 0 aromatic heterocycles. The standard InChI is InChI=1S/C18H17ClN4O2S/c1-10(15(24)22-14-7-5-4-6-13(14)19)26-17-12(9-21)18(2,3)11(8-20)16(25)23-17/h4-7,10-11H,1-3H3,(H,22,24)(H,23,25)/t10-,11-/m1/s1. The summed E-state index contributed by atoms with van der Waals surface area (Å²) in [5, 5.41) is 24.2. The maximum absolute atomic E-state index is 12.4. The van der Waals surface area contributed by atoms with E-state index in [1.807, 2.05) is 6.07 Å². The van der Waals surface area contributed by atoms with Crippen LogP contribution in [0, 0.1) is 34.0 Å². The molecule has 6 nitrogen and oxygen atoms in total. The first-order valence-corrected chi connectivity index (χ1v) is 9.05. The number of nitriles is 2. The average Bonchev–Trinajstić information content (AvgIpc) is 2.56. The number of halogens is 1. The van der Waals surface area contributed by atoms with Gasteiger partial charge in [-0.1, -0.05) is 49.3 Å². The molecule has 0 aliphatic carbocycles. The number of hydrogen-bond acceptors (Lipinski definition) is 5. The van der Waals surface area contributed by atoms with Crippen molar-refractivity contribution < 1.29 is 9.59 Å². The number of nitrogens with zero attached hydrogens (tertiary/aromatic N) is 2. The van der Waals surface area contributed by atoms with Gasteiger partial charge in [0.05, 0.1) is 38.7 Å². The SMILES string of the molecule is C[C@@H](SC1=C(C#N)C(C)(C)[C@H](C#N)C(=O)N1)C(=O)Nc1ccccc1Cl. The van der Waals surface area contributed by atoms with Gasteiger partial charge in [-0.05, 0) is 19.1 Å². The molecule has 0 saturated heterocycles. The van der Waals surface area contributed by atoms with E-state index in [1.165, 1.54) is 0 Å². The summed E-state index contributed by atoms with van der Waals surface area (Å²) >= 11 is 7.10.